The largest absolute Gasteiger partial charge is 0.416 e. The van der Waals surface area contributed by atoms with Gasteiger partial charge in [0.05, 0.1) is 16.6 Å². The number of hydrazine groups is 2. The average molecular weight is 610 g/mol. The minimum Gasteiger partial charge on any atom is -0.356 e. The summed E-state index contributed by atoms with van der Waals surface area (Å²) in [5.41, 5.74) is 8.91. The van der Waals surface area contributed by atoms with Crippen LogP contribution in [0.5, 0.6) is 0 Å². The number of hydrogen-bond acceptors (Lipinski definition) is 7. The van der Waals surface area contributed by atoms with Crippen molar-refractivity contribution in [2.24, 2.45) is 23.4 Å². The number of pyridine rings is 1. The number of aromatic nitrogens is 1. The summed E-state index contributed by atoms with van der Waals surface area (Å²) in [4.78, 5) is 8.98. The maximum atomic E-state index is 13.6. The van der Waals surface area contributed by atoms with E-state index < -0.39 is 29.8 Å². The molecule has 1 aromatic heterocycles. The fraction of sp³-hybridized carbons (Fsp3) is 0.500. The zero-order valence-corrected chi connectivity index (χ0v) is 24.1. The Morgan fingerprint density at radius 1 is 0.907 bits per heavy atom. The number of nitrogens with one attached hydrogen (secondary N) is 1. The second-order valence-electron chi connectivity index (χ2n) is 11.9. The number of rotatable bonds is 12. The van der Waals surface area contributed by atoms with E-state index in [4.69, 9.17) is 16.6 Å². The molecule has 0 aliphatic heterocycles. The van der Waals surface area contributed by atoms with Crippen LogP contribution in [-0.4, -0.2) is 41.4 Å². The van der Waals surface area contributed by atoms with Crippen molar-refractivity contribution >= 4 is 16.7 Å². The summed E-state index contributed by atoms with van der Waals surface area (Å²) in [6, 6.07) is 9.43. The molecule has 0 spiro atoms. The number of anilines is 1. The zero-order chi connectivity index (χ0) is 31.1. The predicted octanol–water partition coefficient (Wildman–Crippen LogP) is 5.76. The van der Waals surface area contributed by atoms with Crippen LogP contribution >= 0.6 is 0 Å². The Kier molecular flexibility index (Phi) is 8.92. The van der Waals surface area contributed by atoms with Gasteiger partial charge in [-0.15, -0.1) is 0 Å². The number of hydrogen-bond donors (Lipinski definition) is 3. The summed E-state index contributed by atoms with van der Waals surface area (Å²) in [6.07, 6.45) is -6.39. The molecule has 2 aliphatic carbocycles. The average Bonchev–Trinajstić information content (AvgIpc) is 3.84. The van der Waals surface area contributed by atoms with E-state index >= 15 is 0 Å². The van der Waals surface area contributed by atoms with Gasteiger partial charge >= 0.3 is 12.4 Å². The minimum atomic E-state index is -4.96. The molecule has 3 aromatic rings. The molecule has 0 saturated heterocycles. The van der Waals surface area contributed by atoms with E-state index in [2.05, 4.69) is 10.3 Å². The highest BCUT2D eigenvalue weighted by atomic mass is 19.4. The number of halogens is 6. The molecule has 0 radical (unpaired) electrons. The van der Waals surface area contributed by atoms with E-state index in [9.17, 15) is 26.3 Å². The molecule has 2 aliphatic rings. The van der Waals surface area contributed by atoms with Crippen LogP contribution < -0.4 is 21.9 Å². The Labute approximate surface area is 246 Å². The highest BCUT2D eigenvalue weighted by Crippen LogP contribution is 2.39. The molecule has 7 nitrogen and oxygen atoms in total. The van der Waals surface area contributed by atoms with Crippen LogP contribution in [0, 0.1) is 18.8 Å². The molecular weight excluding hydrogens is 572 g/mol. The van der Waals surface area contributed by atoms with Crippen LogP contribution in [0.25, 0.3) is 10.9 Å². The first kappa shape index (κ1) is 31.5. The van der Waals surface area contributed by atoms with Crippen molar-refractivity contribution in [2.75, 3.05) is 25.0 Å². The molecule has 0 amide bonds. The number of aryl methyl sites for hydroxylation is 1. The van der Waals surface area contributed by atoms with E-state index in [1.807, 2.05) is 31.2 Å². The van der Waals surface area contributed by atoms with Gasteiger partial charge in [-0.05, 0) is 79.8 Å². The maximum Gasteiger partial charge on any atom is 0.416 e. The molecule has 2 aromatic carbocycles. The third-order valence-electron chi connectivity index (χ3n) is 7.89. The van der Waals surface area contributed by atoms with Gasteiger partial charge in [0.25, 0.3) is 0 Å². The third-order valence-corrected chi connectivity index (χ3v) is 7.89. The summed E-state index contributed by atoms with van der Waals surface area (Å²) >= 11 is 0. The van der Waals surface area contributed by atoms with Crippen LogP contribution in [0.3, 0.4) is 0 Å². The summed E-state index contributed by atoms with van der Waals surface area (Å²) in [7, 11) is 1.49. The Balaban J connectivity index is 1.57. The Bertz CT molecular complexity index is 1390. The first-order valence-corrected chi connectivity index (χ1v) is 14.3. The molecule has 5 rings (SSSR count). The molecule has 1 heterocycles. The summed E-state index contributed by atoms with van der Waals surface area (Å²) < 4.78 is 81.8. The van der Waals surface area contributed by atoms with Crippen LogP contribution in [0.15, 0.2) is 42.5 Å². The highest BCUT2D eigenvalue weighted by molar-refractivity contribution is 5.84. The lowest BCUT2D eigenvalue weighted by Gasteiger charge is -2.34. The van der Waals surface area contributed by atoms with Crippen molar-refractivity contribution in [2.45, 2.75) is 64.3 Å². The highest BCUT2D eigenvalue weighted by Gasteiger charge is 2.37. The summed E-state index contributed by atoms with van der Waals surface area (Å²) in [5.74, 6) is 7.67. The lowest BCUT2D eigenvalue weighted by Crippen LogP contribution is -2.58. The fourth-order valence-corrected chi connectivity index (χ4v) is 5.35. The van der Waals surface area contributed by atoms with Crippen LogP contribution in [0.2, 0.25) is 0 Å². The number of nitrogens with zero attached hydrogens (tertiary/aromatic N) is 4. The smallest absolute Gasteiger partial charge is 0.356 e. The molecule has 5 N–H and O–H groups in total. The molecule has 13 heteroatoms. The van der Waals surface area contributed by atoms with Gasteiger partial charge in [-0.1, -0.05) is 18.2 Å². The van der Waals surface area contributed by atoms with Crippen molar-refractivity contribution in [3.63, 3.8) is 0 Å². The SMILES string of the molecule is Cc1cccc2cc(CN(Cc3cc(C(F)(F)F)cc(C(F)(F)F)c3)C(N)NN(C)N)c(N(CC3CC3)CC3CC3)nc12. The van der Waals surface area contributed by atoms with Gasteiger partial charge in [-0.25, -0.2) is 10.4 Å². The maximum absolute atomic E-state index is 13.6. The van der Waals surface area contributed by atoms with Gasteiger partial charge in [0.2, 0.25) is 0 Å². The van der Waals surface area contributed by atoms with Crippen molar-refractivity contribution in [3.8, 4) is 0 Å². The van der Waals surface area contributed by atoms with Crippen molar-refractivity contribution < 1.29 is 26.3 Å². The molecule has 2 fully saturated rings. The van der Waals surface area contributed by atoms with Crippen molar-refractivity contribution in [1.82, 2.24) is 20.4 Å². The molecule has 43 heavy (non-hydrogen) atoms. The number of para-hydroxylation sites is 1. The number of nitrogens with two attached hydrogens (primary N) is 2. The summed E-state index contributed by atoms with van der Waals surface area (Å²) in [6.45, 7) is 3.45. The van der Waals surface area contributed by atoms with Crippen LogP contribution in [0.1, 0.15) is 53.5 Å². The minimum absolute atomic E-state index is 0.0949. The molecular formula is C30H37F6N7. The number of fused-ring (bicyclic) bond motifs is 1. The van der Waals surface area contributed by atoms with Crippen molar-refractivity contribution in [1.29, 1.82) is 0 Å². The van der Waals surface area contributed by atoms with Gasteiger partial charge < -0.3 is 10.6 Å². The van der Waals surface area contributed by atoms with Crippen molar-refractivity contribution in [3.05, 3.63) is 70.3 Å². The van der Waals surface area contributed by atoms with E-state index in [0.29, 0.717) is 11.8 Å². The Hall–Kier alpha value is -2.97. The second-order valence-corrected chi connectivity index (χ2v) is 11.9. The van der Waals surface area contributed by atoms with E-state index in [1.54, 1.807) is 4.90 Å². The first-order chi connectivity index (χ1) is 20.2. The zero-order valence-electron chi connectivity index (χ0n) is 24.1. The molecule has 2 saturated carbocycles. The van der Waals surface area contributed by atoms with E-state index in [0.717, 1.165) is 83.9 Å². The lowest BCUT2D eigenvalue weighted by atomic mass is 10.0. The van der Waals surface area contributed by atoms with Crippen LogP contribution in [0.4, 0.5) is 32.2 Å². The van der Waals surface area contributed by atoms with Gasteiger partial charge in [-0.3, -0.25) is 10.7 Å². The predicted molar refractivity (Wildman–Crippen MR) is 153 cm³/mol. The van der Waals surface area contributed by atoms with Gasteiger partial charge in [0.1, 0.15) is 12.1 Å². The molecule has 234 valence electrons. The standard InChI is InChI=1S/C30H37F6N7/c1-18-4-3-5-22-12-23(27(39-26(18)22)42(14-19-6-7-19)15-20-8-9-20)17-43(28(37)40-41(2)38)16-21-10-24(29(31,32)33)13-25(11-21)30(34,35)36/h3-5,10-13,19-20,28,40H,6-9,14-17,37-38H2,1-2H3. The fourth-order valence-electron chi connectivity index (χ4n) is 5.35. The monoisotopic (exact) mass is 609 g/mol. The summed E-state index contributed by atoms with van der Waals surface area (Å²) in [5, 5.41) is 1.98. The van der Waals surface area contributed by atoms with Gasteiger partial charge in [-0.2, -0.15) is 31.5 Å². The lowest BCUT2D eigenvalue weighted by molar-refractivity contribution is -0.143. The Morgan fingerprint density at radius 3 is 2.00 bits per heavy atom. The van der Waals surface area contributed by atoms with E-state index in [-0.39, 0.29) is 24.7 Å². The topological polar surface area (TPSA) is 86.7 Å². The third kappa shape index (κ3) is 8.15. The second kappa shape index (κ2) is 12.2. The molecule has 1 unspecified atom stereocenters. The van der Waals surface area contributed by atoms with Gasteiger partial charge in [0, 0.05) is 44.2 Å². The van der Waals surface area contributed by atoms with E-state index in [1.165, 1.54) is 7.05 Å². The Morgan fingerprint density at radius 2 is 1.49 bits per heavy atom. The molecule has 1 atom stereocenters. The van der Waals surface area contributed by atoms with Gasteiger partial charge in [0.15, 0.2) is 0 Å². The van der Waals surface area contributed by atoms with Crippen LogP contribution in [-0.2, 0) is 25.4 Å². The number of alkyl halides is 6. The first-order valence-electron chi connectivity index (χ1n) is 14.3. The molecule has 0 bridgehead atoms. The normalized spacial score (nSPS) is 16.8. The number of benzene rings is 2. The quantitative estimate of drug-likeness (QED) is 0.104.